The first-order valence-corrected chi connectivity index (χ1v) is 17.7. The molecule has 0 spiro atoms. The van der Waals surface area contributed by atoms with E-state index in [4.69, 9.17) is 14.2 Å². The molecule has 244 valence electrons. The summed E-state index contributed by atoms with van der Waals surface area (Å²) in [4.78, 5) is 13.0. The second-order valence-electron chi connectivity index (χ2n) is 15.1. The van der Waals surface area contributed by atoms with Gasteiger partial charge in [0.05, 0.1) is 18.3 Å². The van der Waals surface area contributed by atoms with Gasteiger partial charge in [0, 0.05) is 43.3 Å². The number of esters is 1. The van der Waals surface area contributed by atoms with Crippen LogP contribution in [-0.2, 0) is 19.0 Å². The van der Waals surface area contributed by atoms with Crippen LogP contribution in [0, 0.1) is 46.8 Å². The van der Waals surface area contributed by atoms with Gasteiger partial charge < -0.3 is 19.3 Å². The number of hydrogen-bond donors (Lipinski definition) is 1. The molecule has 0 aromatic carbocycles. The fourth-order valence-corrected chi connectivity index (χ4v) is 9.23. The number of carbonyl (C=O) groups excluding carboxylic acids is 1. The van der Waals surface area contributed by atoms with Gasteiger partial charge in [0.2, 0.25) is 0 Å². The van der Waals surface area contributed by atoms with Crippen LogP contribution in [0.1, 0.15) is 114 Å². The Balaban J connectivity index is 1.87. The number of aliphatic hydroxyl groups is 1. The molecule has 2 fully saturated rings. The smallest absolute Gasteiger partial charge is 0.305 e. The van der Waals surface area contributed by atoms with E-state index < -0.39 is 6.10 Å². The third kappa shape index (κ3) is 6.75. The Morgan fingerprint density at radius 2 is 1.79 bits per heavy atom. The summed E-state index contributed by atoms with van der Waals surface area (Å²) in [6.45, 7) is 23.5. The topological polar surface area (TPSA) is 65.0 Å². The van der Waals surface area contributed by atoms with Gasteiger partial charge in [-0.25, -0.2) is 0 Å². The molecule has 0 aromatic rings. The molecule has 9 unspecified atom stereocenters. The largest absolute Gasteiger partial charge is 0.462 e. The third-order valence-corrected chi connectivity index (χ3v) is 11.1. The Bertz CT molecular complexity index is 1070. The van der Waals surface area contributed by atoms with E-state index >= 15 is 0 Å². The standard InChI is InChI=1S/C38H62O5/c1-11-18-42-32-21-38(10)28(34(24(8)9)37(32)40)19-30(41-13-3)36-27-17-16-26(25(23(6)7)15-14-22(4)5)35(27)31(20-29(36)38)43-33(39)12-2/h15,19,22-24,26-27,30-32,34-35,37,40H,11-14,16-18,20-21H2,1-10H3/b25-15+. The van der Waals surface area contributed by atoms with E-state index in [1.54, 1.807) is 5.57 Å². The molecule has 0 radical (unpaired) electrons. The fraction of sp³-hybridized carbons (Fsp3) is 0.816. The lowest BCUT2D eigenvalue weighted by molar-refractivity contribution is -0.154. The molecule has 0 amide bonds. The molecular formula is C38H62O5. The lowest BCUT2D eigenvalue weighted by Gasteiger charge is -2.56. The van der Waals surface area contributed by atoms with Crippen LogP contribution in [0.15, 0.2) is 34.4 Å². The average Bonchev–Trinajstić information content (AvgIpc) is 3.38. The number of ether oxygens (including phenoxy) is 3. The van der Waals surface area contributed by atoms with E-state index in [1.165, 1.54) is 16.7 Å². The molecule has 9 atom stereocenters. The van der Waals surface area contributed by atoms with E-state index in [2.05, 4.69) is 74.5 Å². The van der Waals surface area contributed by atoms with E-state index in [-0.39, 0.29) is 47.4 Å². The van der Waals surface area contributed by atoms with Gasteiger partial charge >= 0.3 is 5.97 Å². The van der Waals surface area contributed by atoms with E-state index in [0.717, 1.165) is 38.5 Å². The molecule has 2 saturated carbocycles. The van der Waals surface area contributed by atoms with Crippen molar-refractivity contribution in [2.24, 2.45) is 46.8 Å². The monoisotopic (exact) mass is 598 g/mol. The van der Waals surface area contributed by atoms with Gasteiger partial charge in [-0.1, -0.05) is 91.2 Å². The SMILES string of the molecule is CCCOC1CC2(C)C(=CC(OCC)C3=C2CC(OC(=O)CC)C2C3CCC2/C(=C/CC(C)C)C(C)C)C(C(C)C)C1O. The Hall–Kier alpha value is -1.43. The van der Waals surface area contributed by atoms with E-state index in [1.807, 2.05) is 6.92 Å². The third-order valence-electron chi connectivity index (χ3n) is 11.1. The summed E-state index contributed by atoms with van der Waals surface area (Å²) in [5.41, 5.74) is 5.44. The van der Waals surface area contributed by atoms with Crippen LogP contribution < -0.4 is 0 Å². The number of rotatable bonds is 12. The number of fused-ring (bicyclic) bond motifs is 4. The van der Waals surface area contributed by atoms with Crippen LogP contribution in [-0.4, -0.2) is 48.7 Å². The second kappa shape index (κ2) is 14.3. The van der Waals surface area contributed by atoms with Crippen molar-refractivity contribution in [3.05, 3.63) is 34.4 Å². The summed E-state index contributed by atoms with van der Waals surface area (Å²) >= 11 is 0. The normalized spacial score (nSPS) is 36.1. The molecule has 0 heterocycles. The molecule has 0 saturated heterocycles. The van der Waals surface area contributed by atoms with Crippen molar-refractivity contribution in [2.75, 3.05) is 13.2 Å². The second-order valence-corrected chi connectivity index (χ2v) is 15.1. The summed E-state index contributed by atoms with van der Waals surface area (Å²) in [5, 5.41) is 11.7. The number of aliphatic hydroxyl groups excluding tert-OH is 1. The Labute approximate surface area is 262 Å². The summed E-state index contributed by atoms with van der Waals surface area (Å²) in [7, 11) is 0. The molecule has 0 aromatic heterocycles. The molecule has 43 heavy (non-hydrogen) atoms. The summed E-state index contributed by atoms with van der Waals surface area (Å²) < 4.78 is 19.4. The Morgan fingerprint density at radius 1 is 1.07 bits per heavy atom. The molecule has 5 nitrogen and oxygen atoms in total. The number of hydrogen-bond acceptors (Lipinski definition) is 5. The van der Waals surface area contributed by atoms with Crippen molar-refractivity contribution < 1.29 is 24.1 Å². The molecule has 0 bridgehead atoms. The van der Waals surface area contributed by atoms with Gasteiger partial charge in [-0.2, -0.15) is 0 Å². The van der Waals surface area contributed by atoms with Gasteiger partial charge in [0.1, 0.15) is 6.10 Å². The zero-order chi connectivity index (χ0) is 31.6. The predicted molar refractivity (Wildman–Crippen MR) is 174 cm³/mol. The molecule has 5 heteroatoms. The first-order valence-electron chi connectivity index (χ1n) is 17.7. The van der Waals surface area contributed by atoms with Crippen LogP contribution >= 0.6 is 0 Å². The van der Waals surface area contributed by atoms with E-state index in [0.29, 0.717) is 43.3 Å². The Morgan fingerprint density at radius 3 is 2.37 bits per heavy atom. The highest BCUT2D eigenvalue weighted by Gasteiger charge is 2.58. The fourth-order valence-electron chi connectivity index (χ4n) is 9.23. The molecular weight excluding hydrogens is 536 g/mol. The molecule has 0 aliphatic heterocycles. The van der Waals surface area contributed by atoms with Crippen LogP contribution in [0.2, 0.25) is 0 Å². The zero-order valence-corrected chi connectivity index (χ0v) is 28.9. The van der Waals surface area contributed by atoms with Crippen molar-refractivity contribution in [2.45, 2.75) is 139 Å². The van der Waals surface area contributed by atoms with Crippen molar-refractivity contribution in [3.8, 4) is 0 Å². The highest BCUT2D eigenvalue weighted by Crippen LogP contribution is 2.63. The van der Waals surface area contributed by atoms with Crippen LogP contribution in [0.4, 0.5) is 0 Å². The number of allylic oxidation sites excluding steroid dienone is 2. The minimum Gasteiger partial charge on any atom is -0.462 e. The molecule has 4 aliphatic rings. The first-order chi connectivity index (χ1) is 20.4. The maximum atomic E-state index is 13.0. The summed E-state index contributed by atoms with van der Waals surface area (Å²) in [6.07, 6.45) is 10.0. The lowest BCUT2D eigenvalue weighted by Crippen LogP contribution is -2.54. The minimum atomic E-state index is -0.545. The predicted octanol–water partition coefficient (Wildman–Crippen LogP) is 8.46. The van der Waals surface area contributed by atoms with Crippen LogP contribution in [0.25, 0.3) is 0 Å². The van der Waals surface area contributed by atoms with Gasteiger partial charge in [-0.3, -0.25) is 4.79 Å². The average molecular weight is 599 g/mol. The van der Waals surface area contributed by atoms with Crippen molar-refractivity contribution in [1.82, 2.24) is 0 Å². The maximum absolute atomic E-state index is 13.0. The maximum Gasteiger partial charge on any atom is 0.305 e. The van der Waals surface area contributed by atoms with Gasteiger partial charge in [0.15, 0.2) is 0 Å². The highest BCUT2D eigenvalue weighted by atomic mass is 16.5. The van der Waals surface area contributed by atoms with Gasteiger partial charge in [-0.05, 0) is 74.2 Å². The quantitative estimate of drug-likeness (QED) is 0.180. The summed E-state index contributed by atoms with van der Waals surface area (Å²) in [6, 6.07) is 0. The van der Waals surface area contributed by atoms with Crippen molar-refractivity contribution >= 4 is 5.97 Å². The number of carbonyl (C=O) groups is 1. The molecule has 1 N–H and O–H groups in total. The van der Waals surface area contributed by atoms with Gasteiger partial charge in [0.25, 0.3) is 0 Å². The molecule has 4 aliphatic carbocycles. The lowest BCUT2D eigenvalue weighted by atomic mass is 9.52. The summed E-state index contributed by atoms with van der Waals surface area (Å²) in [5.74, 6) is 2.22. The minimum absolute atomic E-state index is 0.00480. The van der Waals surface area contributed by atoms with Crippen LogP contribution in [0.3, 0.4) is 0 Å². The van der Waals surface area contributed by atoms with Crippen LogP contribution in [0.5, 0.6) is 0 Å². The van der Waals surface area contributed by atoms with E-state index in [9.17, 15) is 9.90 Å². The zero-order valence-electron chi connectivity index (χ0n) is 28.9. The first kappa shape index (κ1) is 34.4. The molecule has 4 rings (SSSR count). The van der Waals surface area contributed by atoms with Gasteiger partial charge in [-0.15, -0.1) is 0 Å². The van der Waals surface area contributed by atoms with Crippen molar-refractivity contribution in [1.29, 1.82) is 0 Å². The Kier molecular flexibility index (Phi) is 11.5. The highest BCUT2D eigenvalue weighted by molar-refractivity contribution is 5.69. The van der Waals surface area contributed by atoms with Crippen molar-refractivity contribution in [3.63, 3.8) is 0 Å².